The van der Waals surface area contributed by atoms with Crippen LogP contribution in [0.2, 0.25) is 0 Å². The lowest BCUT2D eigenvalue weighted by atomic mass is 9.90. The molecule has 2 fully saturated rings. The summed E-state index contributed by atoms with van der Waals surface area (Å²) in [6, 6.07) is 4.41. The highest BCUT2D eigenvalue weighted by Gasteiger charge is 2.32. The first-order chi connectivity index (χ1) is 9.68. The topological polar surface area (TPSA) is 45.4 Å². The third-order valence-corrected chi connectivity index (χ3v) is 4.78. The number of pyridine rings is 1. The highest BCUT2D eigenvalue weighted by atomic mass is 15.2. The first-order valence-corrected chi connectivity index (χ1v) is 7.81. The highest BCUT2D eigenvalue weighted by molar-refractivity contribution is 5.40. The minimum Gasteiger partial charge on any atom is -0.357 e. The second-order valence-electron chi connectivity index (χ2n) is 6.69. The molecule has 1 aromatic rings. The van der Waals surface area contributed by atoms with Gasteiger partial charge >= 0.3 is 0 Å². The van der Waals surface area contributed by atoms with Gasteiger partial charge < -0.3 is 10.6 Å². The molecule has 3 heterocycles. The second kappa shape index (κ2) is 5.70. The second-order valence-corrected chi connectivity index (χ2v) is 6.69. The number of likely N-dealkylation sites (tertiary alicyclic amines) is 1. The maximum absolute atomic E-state index is 5.87. The Balaban J connectivity index is 1.58. The van der Waals surface area contributed by atoms with E-state index in [1.807, 2.05) is 6.20 Å². The molecule has 0 radical (unpaired) electrons. The van der Waals surface area contributed by atoms with Crippen molar-refractivity contribution in [1.29, 1.82) is 0 Å². The molecule has 4 nitrogen and oxygen atoms in total. The van der Waals surface area contributed by atoms with Crippen molar-refractivity contribution in [3.63, 3.8) is 0 Å². The number of nitrogens with two attached hydrogens (primary N) is 1. The molecular formula is C16H26N4. The molecular weight excluding hydrogens is 248 g/mol. The Hall–Kier alpha value is -1.13. The van der Waals surface area contributed by atoms with Crippen molar-refractivity contribution in [2.45, 2.75) is 32.7 Å². The maximum atomic E-state index is 5.87. The van der Waals surface area contributed by atoms with Gasteiger partial charge in [0, 0.05) is 32.4 Å². The Labute approximate surface area is 122 Å². The maximum Gasteiger partial charge on any atom is 0.128 e. The van der Waals surface area contributed by atoms with Crippen LogP contribution in [-0.4, -0.2) is 42.6 Å². The number of anilines is 1. The largest absolute Gasteiger partial charge is 0.357 e. The van der Waals surface area contributed by atoms with Gasteiger partial charge in [-0.05, 0) is 49.4 Å². The summed E-state index contributed by atoms with van der Waals surface area (Å²) in [4.78, 5) is 9.51. The van der Waals surface area contributed by atoms with Crippen molar-refractivity contribution in [3.05, 3.63) is 23.9 Å². The summed E-state index contributed by atoms with van der Waals surface area (Å²) in [7, 11) is 0. The van der Waals surface area contributed by atoms with Crippen LogP contribution >= 0.6 is 0 Å². The van der Waals surface area contributed by atoms with Gasteiger partial charge in [-0.15, -0.1) is 0 Å². The average Bonchev–Trinajstić information content (AvgIpc) is 3.11. The van der Waals surface area contributed by atoms with Crippen LogP contribution in [0.1, 0.15) is 31.7 Å². The standard InChI is InChI=1S/C16H26N4/c1-16(12-17)6-9-19(13-16)11-14-4-5-15(18-10-14)20-7-2-3-8-20/h4-5,10H,2-3,6-9,11-13,17H2,1H3. The molecule has 110 valence electrons. The zero-order valence-electron chi connectivity index (χ0n) is 12.5. The Morgan fingerprint density at radius 1 is 1.25 bits per heavy atom. The smallest absolute Gasteiger partial charge is 0.128 e. The summed E-state index contributed by atoms with van der Waals surface area (Å²) in [5, 5.41) is 0. The lowest BCUT2D eigenvalue weighted by molar-refractivity contribution is 0.274. The van der Waals surface area contributed by atoms with E-state index in [0.29, 0.717) is 5.41 Å². The summed E-state index contributed by atoms with van der Waals surface area (Å²) in [6.07, 6.45) is 5.86. The fourth-order valence-electron chi connectivity index (χ4n) is 3.33. The van der Waals surface area contributed by atoms with Crippen molar-refractivity contribution < 1.29 is 0 Å². The summed E-state index contributed by atoms with van der Waals surface area (Å²) in [5.41, 5.74) is 7.49. The van der Waals surface area contributed by atoms with Gasteiger partial charge in [0.1, 0.15) is 5.82 Å². The van der Waals surface area contributed by atoms with Crippen LogP contribution in [0.5, 0.6) is 0 Å². The van der Waals surface area contributed by atoms with Crippen molar-refractivity contribution in [2.75, 3.05) is 37.6 Å². The molecule has 0 aliphatic carbocycles. The quantitative estimate of drug-likeness (QED) is 0.910. The molecule has 2 saturated heterocycles. The first kappa shape index (κ1) is 13.8. The molecule has 1 atom stereocenters. The summed E-state index contributed by atoms with van der Waals surface area (Å²) < 4.78 is 0. The van der Waals surface area contributed by atoms with Crippen molar-refractivity contribution in [3.8, 4) is 0 Å². The molecule has 0 spiro atoms. The highest BCUT2D eigenvalue weighted by Crippen LogP contribution is 2.29. The summed E-state index contributed by atoms with van der Waals surface area (Å²) in [6.45, 7) is 8.67. The lowest BCUT2D eigenvalue weighted by Crippen LogP contribution is -2.31. The van der Waals surface area contributed by atoms with E-state index in [9.17, 15) is 0 Å². The first-order valence-electron chi connectivity index (χ1n) is 7.81. The van der Waals surface area contributed by atoms with Gasteiger partial charge in [-0.3, -0.25) is 4.90 Å². The Morgan fingerprint density at radius 3 is 2.65 bits per heavy atom. The summed E-state index contributed by atoms with van der Waals surface area (Å²) in [5.74, 6) is 1.14. The molecule has 3 rings (SSSR count). The van der Waals surface area contributed by atoms with E-state index < -0.39 is 0 Å². The molecule has 0 amide bonds. The van der Waals surface area contributed by atoms with E-state index in [0.717, 1.165) is 45.1 Å². The molecule has 2 aliphatic heterocycles. The molecule has 20 heavy (non-hydrogen) atoms. The van der Waals surface area contributed by atoms with E-state index >= 15 is 0 Å². The third-order valence-electron chi connectivity index (χ3n) is 4.78. The van der Waals surface area contributed by atoms with Crippen molar-refractivity contribution >= 4 is 5.82 Å². The van der Waals surface area contributed by atoms with Crippen LogP contribution in [0.4, 0.5) is 5.82 Å². The SMILES string of the molecule is CC1(CN)CCN(Cc2ccc(N3CCCC3)nc2)C1. The number of hydrogen-bond donors (Lipinski definition) is 1. The molecule has 4 heteroatoms. The fourth-order valence-corrected chi connectivity index (χ4v) is 3.33. The Morgan fingerprint density at radius 2 is 2.05 bits per heavy atom. The zero-order valence-corrected chi connectivity index (χ0v) is 12.5. The lowest BCUT2D eigenvalue weighted by Gasteiger charge is -2.22. The molecule has 0 aromatic carbocycles. The van der Waals surface area contributed by atoms with Gasteiger partial charge in [0.05, 0.1) is 0 Å². The van der Waals surface area contributed by atoms with E-state index in [1.54, 1.807) is 0 Å². The van der Waals surface area contributed by atoms with Crippen LogP contribution in [0.15, 0.2) is 18.3 Å². The van der Waals surface area contributed by atoms with Gasteiger partial charge in [0.15, 0.2) is 0 Å². The number of nitrogens with zero attached hydrogens (tertiary/aromatic N) is 3. The molecule has 1 aromatic heterocycles. The van der Waals surface area contributed by atoms with E-state index in [4.69, 9.17) is 5.73 Å². The number of rotatable bonds is 4. The fraction of sp³-hybridized carbons (Fsp3) is 0.688. The van der Waals surface area contributed by atoms with Gasteiger partial charge in [-0.25, -0.2) is 4.98 Å². The predicted octanol–water partition coefficient (Wildman–Crippen LogP) is 1.85. The third kappa shape index (κ3) is 2.96. The van der Waals surface area contributed by atoms with Gasteiger partial charge in [0.2, 0.25) is 0 Å². The molecule has 1 unspecified atom stereocenters. The molecule has 2 aliphatic rings. The average molecular weight is 274 g/mol. The molecule has 0 saturated carbocycles. The van der Waals surface area contributed by atoms with Crippen LogP contribution in [0, 0.1) is 5.41 Å². The van der Waals surface area contributed by atoms with Gasteiger partial charge in [-0.2, -0.15) is 0 Å². The molecule has 0 bridgehead atoms. The Bertz CT molecular complexity index is 438. The molecule has 2 N–H and O–H groups in total. The number of aromatic nitrogens is 1. The van der Waals surface area contributed by atoms with E-state index in [2.05, 4.69) is 33.8 Å². The van der Waals surface area contributed by atoms with E-state index in [1.165, 1.54) is 24.8 Å². The van der Waals surface area contributed by atoms with Crippen LogP contribution in [0.3, 0.4) is 0 Å². The van der Waals surface area contributed by atoms with Crippen LogP contribution in [-0.2, 0) is 6.54 Å². The minimum atomic E-state index is 0.308. The van der Waals surface area contributed by atoms with Gasteiger partial charge in [0.25, 0.3) is 0 Å². The van der Waals surface area contributed by atoms with Crippen molar-refractivity contribution in [1.82, 2.24) is 9.88 Å². The minimum absolute atomic E-state index is 0.308. The van der Waals surface area contributed by atoms with E-state index in [-0.39, 0.29) is 0 Å². The normalized spacial score (nSPS) is 27.4. The van der Waals surface area contributed by atoms with Crippen LogP contribution in [0.25, 0.3) is 0 Å². The van der Waals surface area contributed by atoms with Crippen molar-refractivity contribution in [2.24, 2.45) is 11.1 Å². The number of hydrogen-bond acceptors (Lipinski definition) is 4. The monoisotopic (exact) mass is 274 g/mol. The van der Waals surface area contributed by atoms with Crippen LogP contribution < -0.4 is 10.6 Å². The Kier molecular flexibility index (Phi) is 3.94. The summed E-state index contributed by atoms with van der Waals surface area (Å²) >= 11 is 0. The zero-order chi connectivity index (χ0) is 14.0. The predicted molar refractivity (Wildman–Crippen MR) is 82.7 cm³/mol. The van der Waals surface area contributed by atoms with Gasteiger partial charge in [-0.1, -0.05) is 13.0 Å².